The van der Waals surface area contributed by atoms with Crippen molar-refractivity contribution in [3.05, 3.63) is 244 Å². The van der Waals surface area contributed by atoms with Crippen molar-refractivity contribution in [1.82, 2.24) is 4.57 Å². The molecule has 0 amide bonds. The SMILES string of the molecule is Cc1cc(C)cc(-c2cc(-c3cc(C)cc(C)c3)cc(-c3ccc4c(c3)c3cc(-c5cc(-c6cc(C)cc(C)c6)cc(-c6cc(C)cc(C)c6)c5)ccc3n4-c3ccccc3-c3cc(C(F)(F)F)cc(C(F)(F)F)c3)c2)c1. The second kappa shape index (κ2) is 19.3. The summed E-state index contributed by atoms with van der Waals surface area (Å²) < 4.78 is 88.7. The Kier molecular flexibility index (Phi) is 12.7. The number of nitrogens with zero attached hydrogens (tertiary/aromatic N) is 1. The van der Waals surface area contributed by atoms with Gasteiger partial charge in [0, 0.05) is 16.3 Å². The van der Waals surface area contributed by atoms with Gasteiger partial charge in [-0.05, 0) is 213 Å². The molecule has 0 aliphatic carbocycles. The molecule has 11 rings (SSSR count). The average Bonchev–Trinajstić information content (AvgIpc) is 3.70. The lowest BCUT2D eigenvalue weighted by molar-refractivity contribution is -0.143. The van der Waals surface area contributed by atoms with Crippen molar-refractivity contribution in [2.75, 3.05) is 0 Å². The van der Waals surface area contributed by atoms with Crippen molar-refractivity contribution in [2.24, 2.45) is 0 Å². The van der Waals surface area contributed by atoms with Gasteiger partial charge in [0.15, 0.2) is 0 Å². The molecule has 0 saturated carbocycles. The van der Waals surface area contributed by atoms with Gasteiger partial charge in [0.25, 0.3) is 0 Å². The van der Waals surface area contributed by atoms with Crippen LogP contribution in [-0.4, -0.2) is 4.57 Å². The van der Waals surface area contributed by atoms with E-state index in [0.717, 1.165) is 145 Å². The highest BCUT2D eigenvalue weighted by Crippen LogP contribution is 2.45. The Balaban J connectivity index is 1.19. The fourth-order valence-corrected chi connectivity index (χ4v) is 11.5. The van der Waals surface area contributed by atoms with E-state index in [1.807, 2.05) is 16.7 Å². The van der Waals surface area contributed by atoms with Crippen molar-refractivity contribution >= 4 is 21.8 Å². The van der Waals surface area contributed by atoms with E-state index in [-0.39, 0.29) is 17.2 Å². The molecule has 0 aliphatic rings. The predicted molar refractivity (Wildman–Crippen MR) is 307 cm³/mol. The van der Waals surface area contributed by atoms with Gasteiger partial charge in [0.2, 0.25) is 0 Å². The van der Waals surface area contributed by atoms with Gasteiger partial charge in [-0.3, -0.25) is 0 Å². The number of fused-ring (bicyclic) bond motifs is 3. The van der Waals surface area contributed by atoms with Crippen LogP contribution in [0.3, 0.4) is 0 Å². The average molecular weight is 1020 g/mol. The Labute approximate surface area is 445 Å². The van der Waals surface area contributed by atoms with E-state index in [2.05, 4.69) is 189 Å². The molecule has 0 atom stereocenters. The molecule has 0 bridgehead atoms. The van der Waals surface area contributed by atoms with E-state index in [9.17, 15) is 26.3 Å². The Bertz CT molecular complexity index is 3700. The molecule has 1 aromatic heterocycles. The predicted octanol–water partition coefficient (Wildman–Crippen LogP) is 21.0. The zero-order valence-electron chi connectivity index (χ0n) is 44.1. The van der Waals surface area contributed by atoms with Crippen LogP contribution in [0.15, 0.2) is 188 Å². The number of hydrogen-bond acceptors (Lipinski definition) is 0. The second-order valence-corrected chi connectivity index (χ2v) is 21.2. The number of rotatable bonds is 8. The summed E-state index contributed by atoms with van der Waals surface area (Å²) >= 11 is 0. The van der Waals surface area contributed by atoms with Crippen molar-refractivity contribution < 1.29 is 26.3 Å². The molecule has 1 nitrogen and oxygen atoms in total. The normalized spacial score (nSPS) is 12.0. The van der Waals surface area contributed by atoms with Gasteiger partial charge in [-0.25, -0.2) is 0 Å². The van der Waals surface area contributed by atoms with E-state index in [1.54, 1.807) is 24.3 Å². The third kappa shape index (κ3) is 10.2. The fourth-order valence-electron chi connectivity index (χ4n) is 11.5. The monoisotopic (exact) mass is 1020 g/mol. The highest BCUT2D eigenvalue weighted by molar-refractivity contribution is 6.12. The zero-order chi connectivity index (χ0) is 54.2. The minimum absolute atomic E-state index is 0.178. The van der Waals surface area contributed by atoms with Crippen LogP contribution in [0.5, 0.6) is 0 Å². The summed E-state index contributed by atoms with van der Waals surface area (Å²) in [6.45, 7) is 16.8. The molecule has 7 heteroatoms. The Morgan fingerprint density at radius 1 is 0.260 bits per heavy atom. The van der Waals surface area contributed by atoms with Gasteiger partial charge in [-0.15, -0.1) is 0 Å². The summed E-state index contributed by atoms with van der Waals surface area (Å²) in [5.41, 5.74) is 20.9. The third-order valence-electron chi connectivity index (χ3n) is 14.6. The third-order valence-corrected chi connectivity index (χ3v) is 14.6. The van der Waals surface area contributed by atoms with E-state index >= 15 is 0 Å². The van der Waals surface area contributed by atoms with Crippen LogP contribution < -0.4 is 0 Å². The first-order valence-corrected chi connectivity index (χ1v) is 25.7. The lowest BCUT2D eigenvalue weighted by Crippen LogP contribution is -2.11. The van der Waals surface area contributed by atoms with Crippen LogP contribution in [0, 0.1) is 55.4 Å². The number of para-hydroxylation sites is 1. The van der Waals surface area contributed by atoms with E-state index in [4.69, 9.17) is 0 Å². The molecule has 0 N–H and O–H groups in total. The van der Waals surface area contributed by atoms with Crippen molar-refractivity contribution in [3.63, 3.8) is 0 Å². The molecule has 0 fully saturated rings. The fraction of sp³-hybridized carbons (Fsp3) is 0.143. The van der Waals surface area contributed by atoms with Gasteiger partial charge in [-0.2, -0.15) is 26.3 Å². The largest absolute Gasteiger partial charge is 0.416 e. The number of halogens is 6. The second-order valence-electron chi connectivity index (χ2n) is 21.2. The van der Waals surface area contributed by atoms with E-state index in [0.29, 0.717) is 5.69 Å². The molecule has 10 aromatic carbocycles. The van der Waals surface area contributed by atoms with Crippen LogP contribution in [0.25, 0.3) is 105 Å². The lowest BCUT2D eigenvalue weighted by Gasteiger charge is -2.18. The molecular weight excluding hydrogens is 969 g/mol. The maximum absolute atomic E-state index is 14.5. The Morgan fingerprint density at radius 3 is 0.857 bits per heavy atom. The molecule has 11 aromatic rings. The maximum Gasteiger partial charge on any atom is 0.416 e. The molecule has 0 aliphatic heterocycles. The Morgan fingerprint density at radius 2 is 0.545 bits per heavy atom. The van der Waals surface area contributed by atoms with Crippen LogP contribution in [0.4, 0.5) is 26.3 Å². The zero-order valence-corrected chi connectivity index (χ0v) is 44.1. The van der Waals surface area contributed by atoms with Crippen LogP contribution in [0.2, 0.25) is 0 Å². The first-order valence-electron chi connectivity index (χ1n) is 25.7. The summed E-state index contributed by atoms with van der Waals surface area (Å²) in [6.07, 6.45) is -10.0. The Hall–Kier alpha value is -8.42. The molecule has 0 saturated heterocycles. The molecule has 382 valence electrons. The minimum atomic E-state index is -5.02. The van der Waals surface area contributed by atoms with Crippen molar-refractivity contribution in [1.29, 1.82) is 0 Å². The summed E-state index contributed by atoms with van der Waals surface area (Å²) in [5, 5.41) is 1.72. The molecule has 0 radical (unpaired) electrons. The first-order chi connectivity index (χ1) is 36.6. The first kappa shape index (κ1) is 50.7. The minimum Gasteiger partial charge on any atom is -0.309 e. The van der Waals surface area contributed by atoms with Crippen molar-refractivity contribution in [2.45, 2.75) is 67.7 Å². The molecule has 0 spiro atoms. The summed E-state index contributed by atoms with van der Waals surface area (Å²) in [7, 11) is 0. The number of aryl methyl sites for hydroxylation is 8. The number of alkyl halides is 6. The standard InChI is InChI=1S/C70H55F6N/c1-40-17-41(2)22-50(21-40)56-29-54(30-57(33-56)51-23-42(3)18-43(4)24-51)48-13-15-67-64(37-48)65-38-49(55-31-58(52-25-44(5)19-45(6)26-52)34-59(32-55)53-27-46(7)20-47(8)28-53)14-16-68(65)77(67)66-12-10-9-11-63(66)60-35-61(69(71,72)73)39-62(36-60)70(74,75)76/h9-39H,1-8H3. The topological polar surface area (TPSA) is 4.93 Å². The number of benzene rings is 10. The molecule has 77 heavy (non-hydrogen) atoms. The van der Waals surface area contributed by atoms with Gasteiger partial charge in [0.05, 0.1) is 27.8 Å². The molecule has 1 heterocycles. The summed E-state index contributed by atoms with van der Waals surface area (Å²) in [4.78, 5) is 0. The maximum atomic E-state index is 14.5. The number of aromatic nitrogens is 1. The lowest BCUT2D eigenvalue weighted by atomic mass is 9.90. The van der Waals surface area contributed by atoms with Gasteiger partial charge in [0.1, 0.15) is 0 Å². The van der Waals surface area contributed by atoms with Crippen LogP contribution in [-0.2, 0) is 12.4 Å². The van der Waals surface area contributed by atoms with E-state index in [1.165, 1.54) is 0 Å². The summed E-state index contributed by atoms with van der Waals surface area (Å²) in [6, 6.07) is 60.7. The quantitative estimate of drug-likeness (QED) is 0.134. The van der Waals surface area contributed by atoms with E-state index < -0.39 is 23.5 Å². The van der Waals surface area contributed by atoms with Gasteiger partial charge in [-0.1, -0.05) is 148 Å². The van der Waals surface area contributed by atoms with Crippen molar-refractivity contribution in [3.8, 4) is 83.6 Å². The molecule has 0 unspecified atom stereocenters. The van der Waals surface area contributed by atoms with Crippen LogP contribution in [0.1, 0.15) is 55.6 Å². The van der Waals surface area contributed by atoms with Crippen LogP contribution >= 0.6 is 0 Å². The smallest absolute Gasteiger partial charge is 0.309 e. The molecular formula is C70H55F6N. The highest BCUT2D eigenvalue weighted by Gasteiger charge is 2.37. The highest BCUT2D eigenvalue weighted by atomic mass is 19.4. The summed E-state index contributed by atoms with van der Waals surface area (Å²) in [5.74, 6) is 0. The van der Waals surface area contributed by atoms with Gasteiger partial charge >= 0.3 is 12.4 Å². The van der Waals surface area contributed by atoms with Gasteiger partial charge < -0.3 is 4.57 Å². The number of hydrogen-bond donors (Lipinski definition) is 0.